The Kier molecular flexibility index (Phi) is 6.47. The first-order valence-electron chi connectivity index (χ1n) is 8.67. The van der Waals surface area contributed by atoms with Gasteiger partial charge in [0.2, 0.25) is 11.1 Å². The van der Waals surface area contributed by atoms with E-state index in [0.29, 0.717) is 11.0 Å². The van der Waals surface area contributed by atoms with Crippen molar-refractivity contribution in [2.75, 3.05) is 11.2 Å². The van der Waals surface area contributed by atoms with Crippen LogP contribution >= 0.6 is 11.8 Å². The Morgan fingerprint density at radius 3 is 2.28 bits per heavy atom. The number of aromatic nitrogens is 3. The van der Waals surface area contributed by atoms with Gasteiger partial charge in [-0.15, -0.1) is 10.2 Å². The van der Waals surface area contributed by atoms with Crippen LogP contribution in [0.3, 0.4) is 0 Å². The van der Waals surface area contributed by atoms with E-state index in [2.05, 4.69) is 41.5 Å². The molecule has 1 aromatic carbocycles. The van der Waals surface area contributed by atoms with Crippen molar-refractivity contribution in [3.63, 3.8) is 0 Å². The van der Waals surface area contributed by atoms with Gasteiger partial charge >= 0.3 is 0 Å². The molecule has 0 saturated carbocycles. The predicted octanol–water partition coefficient (Wildman–Crippen LogP) is 3.36. The minimum absolute atomic E-state index is 0.0605. The van der Waals surface area contributed by atoms with E-state index in [4.69, 9.17) is 5.84 Å². The molecule has 0 aliphatic rings. The van der Waals surface area contributed by atoms with Crippen LogP contribution in [0, 0.1) is 0 Å². The molecule has 2 rings (SSSR count). The van der Waals surface area contributed by atoms with Gasteiger partial charge in [-0.3, -0.25) is 4.79 Å². The van der Waals surface area contributed by atoms with E-state index in [1.165, 1.54) is 16.4 Å². The van der Waals surface area contributed by atoms with E-state index in [1.807, 2.05) is 26.8 Å². The van der Waals surface area contributed by atoms with Gasteiger partial charge in [-0.05, 0) is 30.9 Å². The number of benzene rings is 1. The zero-order valence-electron chi connectivity index (χ0n) is 15.5. The van der Waals surface area contributed by atoms with E-state index in [0.717, 1.165) is 29.7 Å². The van der Waals surface area contributed by atoms with Gasteiger partial charge in [0.05, 0.1) is 5.25 Å². The number of carbonyl (C=O) groups excluding carboxylic acids is 1. The second-order valence-corrected chi connectivity index (χ2v) is 7.58. The van der Waals surface area contributed by atoms with Crippen LogP contribution < -0.4 is 11.2 Å². The molecule has 1 atom stereocenters. The molecular formula is C18H27N5OS. The summed E-state index contributed by atoms with van der Waals surface area (Å²) in [6.45, 7) is 10.0. The minimum Gasteiger partial charge on any atom is -0.336 e. The third-order valence-electron chi connectivity index (χ3n) is 4.11. The van der Waals surface area contributed by atoms with Crippen molar-refractivity contribution in [2.24, 2.45) is 0 Å². The number of hydrogen-bond donors (Lipinski definition) is 2. The molecule has 2 aromatic rings. The normalized spacial score (nSPS) is 12.4. The molecule has 1 amide bonds. The zero-order chi connectivity index (χ0) is 18.6. The fraction of sp³-hybridized carbons (Fsp3) is 0.500. The average Bonchev–Trinajstić information content (AvgIpc) is 2.95. The number of anilines is 1. The van der Waals surface area contributed by atoms with Crippen LogP contribution in [0.4, 0.5) is 5.69 Å². The van der Waals surface area contributed by atoms with Crippen LogP contribution in [0.25, 0.3) is 0 Å². The number of nitrogens with one attached hydrogen (secondary N) is 1. The predicted molar refractivity (Wildman–Crippen MR) is 103 cm³/mol. The lowest BCUT2D eigenvalue weighted by Crippen LogP contribution is -2.25. The molecule has 0 radical (unpaired) electrons. The van der Waals surface area contributed by atoms with E-state index in [1.54, 1.807) is 0 Å². The van der Waals surface area contributed by atoms with Crippen molar-refractivity contribution in [1.29, 1.82) is 0 Å². The first-order valence-corrected chi connectivity index (χ1v) is 9.55. The molecule has 136 valence electrons. The molecular weight excluding hydrogens is 334 g/mol. The minimum atomic E-state index is -0.332. The quantitative estimate of drug-likeness (QED) is 0.583. The van der Waals surface area contributed by atoms with Crippen molar-refractivity contribution >= 4 is 23.4 Å². The number of aryl methyl sites for hydroxylation is 2. The van der Waals surface area contributed by atoms with Crippen LogP contribution in [-0.4, -0.2) is 26.0 Å². The molecule has 1 heterocycles. The van der Waals surface area contributed by atoms with Gasteiger partial charge in [0.25, 0.3) is 0 Å². The zero-order valence-corrected chi connectivity index (χ0v) is 16.4. The third-order valence-corrected chi connectivity index (χ3v) is 5.16. The molecule has 7 heteroatoms. The molecule has 0 fully saturated rings. The van der Waals surface area contributed by atoms with Crippen molar-refractivity contribution in [3.8, 4) is 0 Å². The number of carbonyl (C=O) groups is 1. The maximum atomic E-state index is 12.7. The fourth-order valence-electron chi connectivity index (χ4n) is 2.60. The monoisotopic (exact) mass is 361 g/mol. The highest BCUT2D eigenvalue weighted by atomic mass is 32.2. The molecule has 0 spiro atoms. The van der Waals surface area contributed by atoms with Gasteiger partial charge in [-0.1, -0.05) is 57.7 Å². The standard InChI is InChI=1S/C18H27N5OS/c1-6-13-9-8-10-14(7-2)15(13)20-17(24)12(5)25-18-22-21-16(11(3)4)23(18)19/h8-12H,6-7,19H2,1-5H3,(H,20,24)/t12-/m0/s1. The summed E-state index contributed by atoms with van der Waals surface area (Å²) in [7, 11) is 0. The number of nitrogens with two attached hydrogens (primary N) is 1. The Balaban J connectivity index is 2.14. The summed E-state index contributed by atoms with van der Waals surface area (Å²) >= 11 is 1.32. The highest BCUT2D eigenvalue weighted by molar-refractivity contribution is 8.00. The summed E-state index contributed by atoms with van der Waals surface area (Å²) in [5, 5.41) is 11.5. The summed E-state index contributed by atoms with van der Waals surface area (Å²) < 4.78 is 1.47. The molecule has 6 nitrogen and oxygen atoms in total. The van der Waals surface area contributed by atoms with Crippen molar-refractivity contribution in [1.82, 2.24) is 14.9 Å². The summed E-state index contributed by atoms with van der Waals surface area (Å²) in [4.78, 5) is 12.7. The van der Waals surface area contributed by atoms with Crippen LogP contribution in [0.5, 0.6) is 0 Å². The van der Waals surface area contributed by atoms with Crippen molar-refractivity contribution in [3.05, 3.63) is 35.2 Å². The molecule has 0 unspecified atom stereocenters. The Morgan fingerprint density at radius 2 is 1.80 bits per heavy atom. The second-order valence-electron chi connectivity index (χ2n) is 6.27. The summed E-state index contributed by atoms with van der Waals surface area (Å²) in [6.07, 6.45) is 1.75. The number of amides is 1. The number of rotatable bonds is 7. The van der Waals surface area contributed by atoms with Gasteiger partial charge in [0.15, 0.2) is 5.82 Å². The molecule has 25 heavy (non-hydrogen) atoms. The van der Waals surface area contributed by atoms with Gasteiger partial charge in [-0.25, -0.2) is 4.68 Å². The molecule has 0 saturated heterocycles. The highest BCUT2D eigenvalue weighted by Gasteiger charge is 2.21. The van der Waals surface area contributed by atoms with E-state index in [9.17, 15) is 4.79 Å². The number of thioether (sulfide) groups is 1. The van der Waals surface area contributed by atoms with Gasteiger partial charge in [-0.2, -0.15) is 0 Å². The Morgan fingerprint density at radius 1 is 1.20 bits per heavy atom. The third kappa shape index (κ3) is 4.34. The van der Waals surface area contributed by atoms with Crippen LogP contribution in [0.2, 0.25) is 0 Å². The first kappa shape index (κ1) is 19.3. The molecule has 0 aliphatic heterocycles. The molecule has 1 aromatic heterocycles. The number of nitrogens with zero attached hydrogens (tertiary/aromatic N) is 3. The second kappa shape index (κ2) is 8.38. The summed E-state index contributed by atoms with van der Waals surface area (Å²) in [5.74, 6) is 6.86. The highest BCUT2D eigenvalue weighted by Crippen LogP contribution is 2.26. The fourth-order valence-corrected chi connectivity index (χ4v) is 3.38. The van der Waals surface area contributed by atoms with Gasteiger partial charge in [0.1, 0.15) is 0 Å². The lowest BCUT2D eigenvalue weighted by atomic mass is 10.0. The lowest BCUT2D eigenvalue weighted by molar-refractivity contribution is -0.115. The van der Waals surface area contributed by atoms with E-state index < -0.39 is 0 Å². The number of nitrogen functional groups attached to an aromatic ring is 1. The lowest BCUT2D eigenvalue weighted by Gasteiger charge is -2.17. The SMILES string of the molecule is CCc1cccc(CC)c1NC(=O)[C@H](C)Sc1nnc(C(C)C)n1N. The molecule has 3 N–H and O–H groups in total. The molecule has 0 aliphatic carbocycles. The van der Waals surface area contributed by atoms with Gasteiger partial charge in [0, 0.05) is 11.6 Å². The smallest absolute Gasteiger partial charge is 0.237 e. The largest absolute Gasteiger partial charge is 0.336 e. The maximum Gasteiger partial charge on any atom is 0.237 e. The summed E-state index contributed by atoms with van der Waals surface area (Å²) in [6, 6.07) is 6.14. The topological polar surface area (TPSA) is 85.8 Å². The molecule has 0 bridgehead atoms. The van der Waals surface area contributed by atoms with Crippen LogP contribution in [0.15, 0.2) is 23.4 Å². The van der Waals surface area contributed by atoms with Crippen LogP contribution in [0.1, 0.15) is 57.5 Å². The van der Waals surface area contributed by atoms with E-state index >= 15 is 0 Å². The van der Waals surface area contributed by atoms with Crippen molar-refractivity contribution in [2.45, 2.75) is 63.8 Å². The first-order chi connectivity index (χ1) is 11.9. The number of para-hydroxylation sites is 1. The average molecular weight is 362 g/mol. The Hall–Kier alpha value is -2.02. The Bertz CT molecular complexity index is 719. The van der Waals surface area contributed by atoms with Gasteiger partial charge < -0.3 is 11.2 Å². The van der Waals surface area contributed by atoms with Crippen LogP contribution in [-0.2, 0) is 17.6 Å². The van der Waals surface area contributed by atoms with Crippen molar-refractivity contribution < 1.29 is 4.79 Å². The summed E-state index contributed by atoms with van der Waals surface area (Å²) in [5.41, 5.74) is 3.23. The Labute approximate surface area is 153 Å². The van der Waals surface area contributed by atoms with E-state index in [-0.39, 0.29) is 17.1 Å². The number of hydrogen-bond acceptors (Lipinski definition) is 5. The maximum absolute atomic E-state index is 12.7.